The highest BCUT2D eigenvalue weighted by Gasteiger charge is 2.40. The molecule has 2 amide bonds. The Morgan fingerprint density at radius 2 is 1.86 bits per heavy atom. The molecule has 0 radical (unpaired) electrons. The molecule has 188 valence electrons. The predicted molar refractivity (Wildman–Crippen MR) is 116 cm³/mol. The molecule has 0 spiro atoms. The van der Waals surface area contributed by atoms with Crippen LogP contribution in [-0.4, -0.2) is 49.0 Å². The fraction of sp³-hybridized carbons (Fsp3) is 0.435. The average molecular weight is 514 g/mol. The monoisotopic (exact) mass is 513 g/mol. The van der Waals surface area contributed by atoms with E-state index in [1.54, 1.807) is 0 Å². The number of sulfone groups is 1. The number of halogens is 4. The number of likely N-dealkylation sites (tertiary alicyclic amines) is 1. The molecule has 1 aromatic heterocycles. The summed E-state index contributed by atoms with van der Waals surface area (Å²) < 4.78 is 76.6. The van der Waals surface area contributed by atoms with Crippen LogP contribution < -0.4 is 5.32 Å². The first-order valence-electron chi connectivity index (χ1n) is 11.0. The number of hydrogen-bond donors (Lipinski definition) is 1. The Balaban J connectivity index is 1.51. The van der Waals surface area contributed by atoms with Gasteiger partial charge in [-0.1, -0.05) is 6.07 Å². The van der Waals surface area contributed by atoms with Gasteiger partial charge in [0.25, 0.3) is 5.91 Å². The Bertz CT molecular complexity index is 1240. The first-order chi connectivity index (χ1) is 16.4. The molecule has 12 heteroatoms. The van der Waals surface area contributed by atoms with Crippen molar-refractivity contribution < 1.29 is 35.6 Å². The van der Waals surface area contributed by atoms with E-state index in [0.717, 1.165) is 24.6 Å². The number of benzene rings is 1. The summed E-state index contributed by atoms with van der Waals surface area (Å²) in [5, 5.41) is 2.57. The number of rotatable bonds is 6. The van der Waals surface area contributed by atoms with Crippen molar-refractivity contribution in [1.29, 1.82) is 0 Å². The molecule has 2 atom stereocenters. The maximum Gasteiger partial charge on any atom is 0.416 e. The zero-order valence-electron chi connectivity index (χ0n) is 18.7. The fourth-order valence-electron chi connectivity index (χ4n) is 4.26. The van der Waals surface area contributed by atoms with Gasteiger partial charge >= 0.3 is 6.18 Å². The van der Waals surface area contributed by atoms with Crippen molar-refractivity contribution in [2.75, 3.05) is 12.8 Å². The smallest absolute Gasteiger partial charge is 0.347 e. The molecule has 7 nitrogen and oxygen atoms in total. The summed E-state index contributed by atoms with van der Waals surface area (Å²) in [6.07, 6.45) is -0.268. The van der Waals surface area contributed by atoms with Crippen LogP contribution in [0.3, 0.4) is 0 Å². The van der Waals surface area contributed by atoms with E-state index in [1.165, 1.54) is 17.0 Å². The molecule has 2 fully saturated rings. The van der Waals surface area contributed by atoms with Crippen molar-refractivity contribution in [3.8, 4) is 0 Å². The van der Waals surface area contributed by atoms with Gasteiger partial charge in [-0.25, -0.2) is 17.8 Å². The third kappa shape index (κ3) is 5.47. The summed E-state index contributed by atoms with van der Waals surface area (Å²) in [6.45, 7) is 0.285. The summed E-state index contributed by atoms with van der Waals surface area (Å²) >= 11 is 0. The first-order valence-corrected chi connectivity index (χ1v) is 12.9. The molecule has 35 heavy (non-hydrogen) atoms. The van der Waals surface area contributed by atoms with Crippen molar-refractivity contribution in [2.45, 2.75) is 49.0 Å². The Hall–Kier alpha value is -3.02. The molecule has 1 aliphatic carbocycles. The highest BCUT2D eigenvalue weighted by Crippen LogP contribution is 2.43. The summed E-state index contributed by atoms with van der Waals surface area (Å²) in [5.74, 6) is -2.18. The molecule has 4 rings (SSSR count). The Morgan fingerprint density at radius 3 is 2.40 bits per heavy atom. The van der Waals surface area contributed by atoms with Crippen LogP contribution in [0.2, 0.25) is 0 Å². The van der Waals surface area contributed by atoms with Gasteiger partial charge in [-0.3, -0.25) is 9.59 Å². The van der Waals surface area contributed by atoms with E-state index >= 15 is 0 Å². The highest BCUT2D eigenvalue weighted by atomic mass is 32.2. The van der Waals surface area contributed by atoms with Crippen molar-refractivity contribution >= 4 is 21.7 Å². The van der Waals surface area contributed by atoms with E-state index in [9.17, 15) is 35.6 Å². The standard InChI is InChI=1S/C23H23F4N3O4S/c1-35(33,34)19-9-6-14(12-28-19)22(32)30-10-2-3-18(30)21(31)29-20(13-4-5-13)16-8-7-15(11-17(16)24)23(25,26)27/h6-9,11-13,18,20H,2-5,10H2,1H3,(H,29,31)/t18-,20+/m1/s1. The molecule has 1 saturated heterocycles. The average Bonchev–Trinajstić information content (AvgIpc) is 3.51. The lowest BCUT2D eigenvalue weighted by atomic mass is 9.99. The highest BCUT2D eigenvalue weighted by molar-refractivity contribution is 7.90. The molecule has 1 aromatic carbocycles. The van der Waals surface area contributed by atoms with Crippen molar-refractivity contribution in [3.05, 3.63) is 59.0 Å². The van der Waals surface area contributed by atoms with Crippen LogP contribution >= 0.6 is 0 Å². The minimum absolute atomic E-state index is 0.0229. The van der Waals surface area contributed by atoms with Gasteiger partial charge in [0.2, 0.25) is 5.91 Å². The number of nitrogens with one attached hydrogen (secondary N) is 1. The lowest BCUT2D eigenvalue weighted by Gasteiger charge is -2.27. The minimum atomic E-state index is -4.68. The molecule has 1 aliphatic heterocycles. The Morgan fingerprint density at radius 1 is 1.14 bits per heavy atom. The molecular weight excluding hydrogens is 490 g/mol. The number of amides is 2. The van der Waals surface area contributed by atoms with Crippen LogP contribution in [0.4, 0.5) is 17.6 Å². The molecule has 2 aromatic rings. The number of alkyl halides is 3. The number of hydrogen-bond acceptors (Lipinski definition) is 5. The van der Waals surface area contributed by atoms with Gasteiger partial charge in [-0.2, -0.15) is 13.2 Å². The Labute approximate surface area is 199 Å². The molecule has 0 unspecified atom stereocenters. The van der Waals surface area contributed by atoms with Gasteiger partial charge in [-0.15, -0.1) is 0 Å². The molecule has 1 saturated carbocycles. The molecule has 2 aliphatic rings. The van der Waals surface area contributed by atoms with E-state index < -0.39 is 51.3 Å². The van der Waals surface area contributed by atoms with Crippen LogP contribution in [0.15, 0.2) is 41.6 Å². The van der Waals surface area contributed by atoms with Crippen molar-refractivity contribution in [3.63, 3.8) is 0 Å². The summed E-state index contributed by atoms with van der Waals surface area (Å²) in [6, 6.07) is 3.14. The van der Waals surface area contributed by atoms with E-state index in [-0.39, 0.29) is 28.6 Å². The number of carbonyl (C=O) groups excluding carboxylic acids is 2. The van der Waals surface area contributed by atoms with Crippen LogP contribution in [0.25, 0.3) is 0 Å². The summed E-state index contributed by atoms with van der Waals surface area (Å²) in [5.41, 5.74) is -1.02. The summed E-state index contributed by atoms with van der Waals surface area (Å²) in [7, 11) is -3.54. The quantitative estimate of drug-likeness (QED) is 0.597. The predicted octanol–water partition coefficient (Wildman–Crippen LogP) is 3.52. The fourth-order valence-corrected chi connectivity index (χ4v) is 4.82. The second-order valence-corrected chi connectivity index (χ2v) is 10.8. The second-order valence-electron chi connectivity index (χ2n) is 8.87. The summed E-state index contributed by atoms with van der Waals surface area (Å²) in [4.78, 5) is 31.3. The van der Waals surface area contributed by atoms with Gasteiger partial charge < -0.3 is 10.2 Å². The normalized spacial score (nSPS) is 19.5. The topological polar surface area (TPSA) is 96.4 Å². The van der Waals surface area contributed by atoms with E-state index in [2.05, 4.69) is 10.3 Å². The number of aromatic nitrogens is 1. The zero-order chi connectivity index (χ0) is 25.5. The lowest BCUT2D eigenvalue weighted by Crippen LogP contribution is -2.47. The SMILES string of the molecule is CS(=O)(=O)c1ccc(C(=O)N2CCC[C@@H]2C(=O)N[C@H](c2ccc(C(F)(F)F)cc2F)C2CC2)cn1. The van der Waals surface area contributed by atoms with Crippen LogP contribution in [0.5, 0.6) is 0 Å². The number of nitrogens with zero attached hydrogens (tertiary/aromatic N) is 2. The molecule has 1 N–H and O–H groups in total. The second kappa shape index (κ2) is 9.21. The molecular formula is C23H23F4N3O4S. The van der Waals surface area contributed by atoms with Gasteiger partial charge in [0.1, 0.15) is 11.9 Å². The zero-order valence-corrected chi connectivity index (χ0v) is 19.5. The Kier molecular flexibility index (Phi) is 6.60. The van der Waals surface area contributed by atoms with Crippen molar-refractivity contribution in [2.24, 2.45) is 5.92 Å². The van der Waals surface area contributed by atoms with E-state index in [0.29, 0.717) is 31.7 Å². The van der Waals surface area contributed by atoms with Gasteiger partial charge in [0.15, 0.2) is 14.9 Å². The van der Waals surface area contributed by atoms with Crippen LogP contribution in [0, 0.1) is 11.7 Å². The van der Waals surface area contributed by atoms with Crippen LogP contribution in [0.1, 0.15) is 53.2 Å². The first kappa shape index (κ1) is 25.1. The van der Waals surface area contributed by atoms with Crippen molar-refractivity contribution in [1.82, 2.24) is 15.2 Å². The van der Waals surface area contributed by atoms with E-state index in [4.69, 9.17) is 0 Å². The van der Waals surface area contributed by atoms with Gasteiger partial charge in [-0.05, 0) is 55.9 Å². The maximum atomic E-state index is 14.6. The minimum Gasteiger partial charge on any atom is -0.347 e. The van der Waals surface area contributed by atoms with Crippen LogP contribution in [-0.2, 0) is 20.8 Å². The third-order valence-electron chi connectivity index (χ3n) is 6.23. The van der Waals surface area contributed by atoms with Gasteiger partial charge in [0, 0.05) is 24.6 Å². The molecule has 0 bridgehead atoms. The lowest BCUT2D eigenvalue weighted by molar-refractivity contribution is -0.137. The number of carbonyl (C=O) groups is 2. The largest absolute Gasteiger partial charge is 0.416 e. The number of pyridine rings is 1. The molecule has 2 heterocycles. The maximum absolute atomic E-state index is 14.6. The van der Waals surface area contributed by atoms with Gasteiger partial charge in [0.05, 0.1) is 17.2 Å². The third-order valence-corrected chi connectivity index (χ3v) is 7.23. The van der Waals surface area contributed by atoms with E-state index in [1.807, 2.05) is 0 Å².